The number of likely N-dealkylation sites (tertiary alicyclic amines) is 1. The van der Waals surface area contributed by atoms with E-state index in [1.165, 1.54) is 6.42 Å². The van der Waals surface area contributed by atoms with Crippen molar-refractivity contribution in [3.63, 3.8) is 0 Å². The summed E-state index contributed by atoms with van der Waals surface area (Å²) in [6.07, 6.45) is 7.80. The first-order valence-corrected chi connectivity index (χ1v) is 10.3. The van der Waals surface area contributed by atoms with Crippen LogP contribution in [0.25, 0.3) is 5.65 Å². The smallest absolute Gasteiger partial charge is 0.193 e. The minimum atomic E-state index is 0.306. The highest BCUT2D eigenvalue weighted by Crippen LogP contribution is 2.17. The van der Waals surface area contributed by atoms with Crippen LogP contribution < -0.4 is 5.32 Å². The molecule has 152 valence electrons. The summed E-state index contributed by atoms with van der Waals surface area (Å²) in [7, 11) is 1.84. The van der Waals surface area contributed by atoms with Crippen molar-refractivity contribution in [2.24, 2.45) is 4.99 Å². The van der Waals surface area contributed by atoms with Gasteiger partial charge in [0.15, 0.2) is 11.6 Å². The molecule has 1 atom stereocenters. The average molecular weight is 387 g/mol. The van der Waals surface area contributed by atoms with Gasteiger partial charge in [-0.05, 0) is 37.8 Å². The zero-order valence-electron chi connectivity index (χ0n) is 16.6. The van der Waals surface area contributed by atoms with E-state index < -0.39 is 0 Å². The van der Waals surface area contributed by atoms with Crippen LogP contribution in [0, 0.1) is 0 Å². The molecule has 4 rings (SSSR count). The number of fused-ring (bicyclic) bond motifs is 1. The number of aromatic nitrogens is 3. The Morgan fingerprint density at radius 2 is 2.18 bits per heavy atom. The van der Waals surface area contributed by atoms with Crippen LogP contribution >= 0.6 is 0 Å². The SMILES string of the molecule is CN=C(NCCc1nnc2ccccn12)N1CCC(OCC2CCCO2)CC1. The number of rotatable bonds is 6. The highest BCUT2D eigenvalue weighted by atomic mass is 16.5. The van der Waals surface area contributed by atoms with E-state index in [4.69, 9.17) is 9.47 Å². The van der Waals surface area contributed by atoms with Gasteiger partial charge >= 0.3 is 0 Å². The third kappa shape index (κ3) is 4.62. The molecule has 0 spiro atoms. The monoisotopic (exact) mass is 386 g/mol. The van der Waals surface area contributed by atoms with Gasteiger partial charge in [-0.25, -0.2) is 0 Å². The molecule has 0 saturated carbocycles. The summed E-state index contributed by atoms with van der Waals surface area (Å²) in [5.74, 6) is 1.91. The van der Waals surface area contributed by atoms with Crippen molar-refractivity contribution in [3.05, 3.63) is 30.2 Å². The number of hydrogen-bond donors (Lipinski definition) is 1. The molecule has 2 aliphatic rings. The molecule has 0 amide bonds. The third-order valence-corrected chi connectivity index (χ3v) is 5.51. The highest BCUT2D eigenvalue weighted by Gasteiger charge is 2.24. The van der Waals surface area contributed by atoms with E-state index in [0.29, 0.717) is 12.2 Å². The second-order valence-corrected chi connectivity index (χ2v) is 7.42. The molecular formula is C20H30N6O2. The number of piperidine rings is 1. The van der Waals surface area contributed by atoms with Crippen molar-refractivity contribution >= 4 is 11.6 Å². The van der Waals surface area contributed by atoms with E-state index in [1.54, 1.807) is 0 Å². The predicted molar refractivity (Wildman–Crippen MR) is 108 cm³/mol. The van der Waals surface area contributed by atoms with Crippen LogP contribution in [-0.4, -0.2) is 77.6 Å². The fraction of sp³-hybridized carbons (Fsp3) is 0.650. The second-order valence-electron chi connectivity index (χ2n) is 7.42. The Labute approximate surface area is 165 Å². The molecule has 0 radical (unpaired) electrons. The summed E-state index contributed by atoms with van der Waals surface area (Å²) in [5, 5.41) is 12.0. The van der Waals surface area contributed by atoms with Crippen molar-refractivity contribution in [2.75, 3.05) is 39.9 Å². The molecular weight excluding hydrogens is 356 g/mol. The van der Waals surface area contributed by atoms with Crippen molar-refractivity contribution in [1.82, 2.24) is 24.8 Å². The molecule has 1 unspecified atom stereocenters. The third-order valence-electron chi connectivity index (χ3n) is 5.51. The summed E-state index contributed by atoms with van der Waals surface area (Å²) in [6.45, 7) is 4.33. The molecule has 0 bridgehead atoms. The van der Waals surface area contributed by atoms with Gasteiger partial charge in [0.1, 0.15) is 5.82 Å². The van der Waals surface area contributed by atoms with Crippen LogP contribution in [0.5, 0.6) is 0 Å². The molecule has 0 aromatic carbocycles. The normalized spacial score (nSPS) is 21.5. The van der Waals surface area contributed by atoms with Gasteiger partial charge in [0.25, 0.3) is 0 Å². The molecule has 28 heavy (non-hydrogen) atoms. The lowest BCUT2D eigenvalue weighted by molar-refractivity contribution is -0.0367. The minimum absolute atomic E-state index is 0.306. The lowest BCUT2D eigenvalue weighted by Gasteiger charge is -2.34. The van der Waals surface area contributed by atoms with Crippen LogP contribution in [0.15, 0.2) is 29.4 Å². The van der Waals surface area contributed by atoms with Crippen LogP contribution in [0.2, 0.25) is 0 Å². The van der Waals surface area contributed by atoms with Crippen LogP contribution in [-0.2, 0) is 15.9 Å². The maximum atomic E-state index is 6.07. The van der Waals surface area contributed by atoms with Crippen molar-refractivity contribution in [2.45, 2.75) is 44.3 Å². The van der Waals surface area contributed by atoms with Gasteiger partial charge in [0.05, 0.1) is 18.8 Å². The summed E-state index contributed by atoms with van der Waals surface area (Å²) in [5.41, 5.74) is 0.881. The first-order valence-electron chi connectivity index (χ1n) is 10.3. The van der Waals surface area contributed by atoms with Gasteiger partial charge in [0, 0.05) is 45.9 Å². The molecule has 8 nitrogen and oxygen atoms in total. The van der Waals surface area contributed by atoms with Gasteiger partial charge in [-0.1, -0.05) is 6.07 Å². The van der Waals surface area contributed by atoms with Crippen LogP contribution in [0.3, 0.4) is 0 Å². The van der Waals surface area contributed by atoms with E-state index in [0.717, 1.165) is 76.0 Å². The second kappa shape index (κ2) is 9.34. The van der Waals surface area contributed by atoms with Crippen LogP contribution in [0.4, 0.5) is 0 Å². The fourth-order valence-corrected chi connectivity index (χ4v) is 3.93. The van der Waals surface area contributed by atoms with E-state index in [-0.39, 0.29) is 0 Å². The van der Waals surface area contributed by atoms with Crippen molar-refractivity contribution in [1.29, 1.82) is 0 Å². The molecule has 4 heterocycles. The standard InChI is InChI=1S/C20H30N6O2/c1-21-20(22-10-7-19-24-23-18-6-2-3-11-26(18)19)25-12-8-16(9-13-25)28-15-17-5-4-14-27-17/h2-3,6,11,16-17H,4-5,7-10,12-15H2,1H3,(H,21,22). The maximum Gasteiger partial charge on any atom is 0.193 e. The van der Waals surface area contributed by atoms with Gasteiger partial charge in [-0.3, -0.25) is 9.39 Å². The zero-order valence-corrected chi connectivity index (χ0v) is 16.6. The summed E-state index contributed by atoms with van der Waals surface area (Å²) in [6, 6.07) is 5.94. The maximum absolute atomic E-state index is 6.07. The Morgan fingerprint density at radius 1 is 1.29 bits per heavy atom. The van der Waals surface area contributed by atoms with E-state index in [1.807, 2.05) is 35.8 Å². The topological polar surface area (TPSA) is 76.3 Å². The molecule has 8 heteroatoms. The predicted octanol–water partition coefficient (Wildman–Crippen LogP) is 1.51. The lowest BCUT2D eigenvalue weighted by Crippen LogP contribution is -2.47. The van der Waals surface area contributed by atoms with E-state index in [9.17, 15) is 0 Å². The van der Waals surface area contributed by atoms with Crippen molar-refractivity contribution < 1.29 is 9.47 Å². The van der Waals surface area contributed by atoms with Gasteiger partial charge in [-0.15, -0.1) is 10.2 Å². The number of ether oxygens (including phenoxy) is 2. The zero-order chi connectivity index (χ0) is 19.2. The number of guanidine groups is 1. The number of nitrogens with zero attached hydrogens (tertiary/aromatic N) is 5. The molecule has 2 aromatic heterocycles. The highest BCUT2D eigenvalue weighted by molar-refractivity contribution is 5.79. The molecule has 0 aliphatic carbocycles. The van der Waals surface area contributed by atoms with Gasteiger partial charge < -0.3 is 19.7 Å². The average Bonchev–Trinajstić information content (AvgIpc) is 3.40. The molecule has 2 saturated heterocycles. The molecule has 2 aromatic rings. The number of nitrogens with one attached hydrogen (secondary N) is 1. The number of hydrogen-bond acceptors (Lipinski definition) is 5. The molecule has 2 fully saturated rings. The van der Waals surface area contributed by atoms with Crippen molar-refractivity contribution in [3.8, 4) is 0 Å². The Kier molecular flexibility index (Phi) is 6.38. The molecule has 1 N–H and O–H groups in total. The fourth-order valence-electron chi connectivity index (χ4n) is 3.93. The molecule has 2 aliphatic heterocycles. The quantitative estimate of drug-likeness (QED) is 0.599. The Morgan fingerprint density at radius 3 is 2.96 bits per heavy atom. The summed E-state index contributed by atoms with van der Waals surface area (Å²) < 4.78 is 13.7. The number of pyridine rings is 1. The lowest BCUT2D eigenvalue weighted by atomic mass is 10.1. The number of aliphatic imine (C=N–C) groups is 1. The Hall–Kier alpha value is -2.19. The summed E-state index contributed by atoms with van der Waals surface area (Å²) in [4.78, 5) is 6.77. The van der Waals surface area contributed by atoms with Crippen LogP contribution in [0.1, 0.15) is 31.5 Å². The minimum Gasteiger partial charge on any atom is -0.376 e. The van der Waals surface area contributed by atoms with Gasteiger partial charge in [0.2, 0.25) is 0 Å². The largest absolute Gasteiger partial charge is 0.376 e. The Balaban J connectivity index is 1.20. The summed E-state index contributed by atoms with van der Waals surface area (Å²) >= 11 is 0. The van der Waals surface area contributed by atoms with E-state index in [2.05, 4.69) is 25.4 Å². The Bertz CT molecular complexity index is 778. The first-order chi connectivity index (χ1) is 13.8. The first kappa shape index (κ1) is 19.1. The van der Waals surface area contributed by atoms with E-state index >= 15 is 0 Å². The van der Waals surface area contributed by atoms with Gasteiger partial charge in [-0.2, -0.15) is 0 Å².